The number of carbonyl (C=O) groups excluding carboxylic acids is 1. The van der Waals surface area contributed by atoms with E-state index in [9.17, 15) is 9.18 Å². The highest BCUT2D eigenvalue weighted by molar-refractivity contribution is 5.86. The van der Waals surface area contributed by atoms with Gasteiger partial charge in [0, 0.05) is 12.5 Å². The minimum Gasteiger partial charge on any atom is -0.461 e. The monoisotopic (exact) mass is 429 g/mol. The predicted octanol–water partition coefficient (Wildman–Crippen LogP) is 6.95. The molecule has 0 saturated heterocycles. The van der Waals surface area contributed by atoms with Crippen molar-refractivity contribution in [3.05, 3.63) is 88.5 Å². The van der Waals surface area contributed by atoms with Crippen molar-refractivity contribution in [3.63, 3.8) is 0 Å². The van der Waals surface area contributed by atoms with E-state index in [1.807, 2.05) is 30.3 Å². The molecule has 32 heavy (non-hydrogen) atoms. The van der Waals surface area contributed by atoms with Crippen LogP contribution in [0, 0.1) is 5.82 Å². The van der Waals surface area contributed by atoms with Crippen molar-refractivity contribution in [1.82, 2.24) is 4.98 Å². The van der Waals surface area contributed by atoms with Gasteiger partial charge in [-0.1, -0.05) is 56.3 Å². The summed E-state index contributed by atoms with van der Waals surface area (Å²) in [5.74, 6) is -0.455. The summed E-state index contributed by atoms with van der Waals surface area (Å²) in [6.07, 6.45) is 5.07. The van der Waals surface area contributed by atoms with Gasteiger partial charge in [-0.25, -0.2) is 4.39 Å². The fourth-order valence-electron chi connectivity index (χ4n) is 4.42. The summed E-state index contributed by atoms with van der Waals surface area (Å²) in [4.78, 5) is 16.8. The number of pyridine rings is 1. The van der Waals surface area contributed by atoms with E-state index in [1.165, 1.54) is 24.6 Å². The van der Waals surface area contributed by atoms with E-state index < -0.39 is 0 Å². The Morgan fingerprint density at radius 2 is 1.81 bits per heavy atom. The number of hydrogen-bond acceptors (Lipinski definition) is 3. The molecular weight excluding hydrogens is 401 g/mol. The molecular formula is C28H28FNO2. The first-order valence-corrected chi connectivity index (χ1v) is 11.1. The molecule has 0 amide bonds. The van der Waals surface area contributed by atoms with E-state index in [1.54, 1.807) is 0 Å². The van der Waals surface area contributed by atoms with Crippen LogP contribution >= 0.6 is 0 Å². The van der Waals surface area contributed by atoms with E-state index in [4.69, 9.17) is 9.72 Å². The minimum absolute atomic E-state index is 0.143. The van der Waals surface area contributed by atoms with Gasteiger partial charge in [0.1, 0.15) is 12.4 Å². The summed E-state index contributed by atoms with van der Waals surface area (Å²) in [6, 6.07) is 16.9. The second-order valence-electron chi connectivity index (χ2n) is 8.55. The summed E-state index contributed by atoms with van der Waals surface area (Å²) in [6.45, 7) is 5.78. The number of allylic oxidation sites excluding steroid dienone is 1. The van der Waals surface area contributed by atoms with Crippen LogP contribution in [0.2, 0.25) is 0 Å². The number of nitrogens with zero attached hydrogens (tertiary/aromatic N) is 1. The summed E-state index contributed by atoms with van der Waals surface area (Å²) in [5.41, 5.74) is 8.31. The van der Waals surface area contributed by atoms with Crippen molar-refractivity contribution < 1.29 is 13.9 Å². The fourth-order valence-corrected chi connectivity index (χ4v) is 4.42. The van der Waals surface area contributed by atoms with Gasteiger partial charge in [-0.2, -0.15) is 0 Å². The Kier molecular flexibility index (Phi) is 6.50. The highest BCUT2D eigenvalue weighted by Gasteiger charge is 2.26. The third-order valence-corrected chi connectivity index (χ3v) is 5.85. The maximum Gasteiger partial charge on any atom is 0.302 e. The van der Waals surface area contributed by atoms with Crippen LogP contribution in [-0.2, 0) is 22.6 Å². The maximum atomic E-state index is 13.7. The van der Waals surface area contributed by atoms with E-state index in [2.05, 4.69) is 32.1 Å². The lowest BCUT2D eigenvalue weighted by molar-refractivity contribution is -0.142. The Bertz CT molecular complexity index is 1150. The van der Waals surface area contributed by atoms with E-state index >= 15 is 0 Å². The van der Waals surface area contributed by atoms with E-state index in [0.717, 1.165) is 58.5 Å². The number of benzene rings is 2. The largest absolute Gasteiger partial charge is 0.461 e. The predicted molar refractivity (Wildman–Crippen MR) is 126 cm³/mol. The van der Waals surface area contributed by atoms with E-state index in [0.29, 0.717) is 0 Å². The molecule has 0 fully saturated rings. The topological polar surface area (TPSA) is 39.2 Å². The number of halogens is 1. The summed E-state index contributed by atoms with van der Waals surface area (Å²) in [7, 11) is 0. The molecule has 164 valence electrons. The third-order valence-electron chi connectivity index (χ3n) is 5.85. The van der Waals surface area contributed by atoms with Gasteiger partial charge in [0.15, 0.2) is 0 Å². The number of ether oxygens (including phenoxy) is 1. The average Bonchev–Trinajstić information content (AvgIpc) is 2.78. The highest BCUT2D eigenvalue weighted by Crippen LogP contribution is 2.41. The second kappa shape index (κ2) is 9.47. The van der Waals surface area contributed by atoms with Gasteiger partial charge in [-0.15, -0.1) is 0 Å². The highest BCUT2D eigenvalue weighted by atomic mass is 19.1. The summed E-state index contributed by atoms with van der Waals surface area (Å²) in [5, 5.41) is 0. The molecule has 0 bridgehead atoms. The quantitative estimate of drug-likeness (QED) is 0.412. The molecule has 3 aromatic rings. The molecule has 0 N–H and O–H groups in total. The molecule has 4 heteroatoms. The van der Waals surface area contributed by atoms with Crippen molar-refractivity contribution in [2.75, 3.05) is 0 Å². The van der Waals surface area contributed by atoms with Crippen molar-refractivity contribution in [1.29, 1.82) is 0 Å². The third kappa shape index (κ3) is 4.64. The zero-order valence-electron chi connectivity index (χ0n) is 18.8. The second-order valence-corrected chi connectivity index (χ2v) is 8.55. The van der Waals surface area contributed by atoms with Crippen LogP contribution in [0.3, 0.4) is 0 Å². The molecule has 1 aliphatic rings. The van der Waals surface area contributed by atoms with Crippen LogP contribution < -0.4 is 0 Å². The normalized spacial score (nSPS) is 14.5. The zero-order valence-corrected chi connectivity index (χ0v) is 18.8. The number of carbonyl (C=O) groups is 1. The lowest BCUT2D eigenvalue weighted by Gasteiger charge is -2.27. The first-order chi connectivity index (χ1) is 15.4. The van der Waals surface area contributed by atoms with Crippen LogP contribution in [0.25, 0.3) is 22.8 Å². The zero-order chi connectivity index (χ0) is 22.7. The van der Waals surface area contributed by atoms with Crippen LogP contribution in [-0.4, -0.2) is 11.0 Å². The van der Waals surface area contributed by atoms with Crippen molar-refractivity contribution in [2.24, 2.45) is 0 Å². The number of esters is 1. The molecule has 0 aliphatic heterocycles. The lowest BCUT2D eigenvalue weighted by atomic mass is 9.82. The molecule has 1 aromatic heterocycles. The molecule has 0 radical (unpaired) electrons. The van der Waals surface area contributed by atoms with Gasteiger partial charge in [-0.05, 0) is 71.2 Å². The van der Waals surface area contributed by atoms with Crippen LogP contribution in [0.4, 0.5) is 4.39 Å². The van der Waals surface area contributed by atoms with Crippen molar-refractivity contribution in [2.45, 2.75) is 52.6 Å². The Labute approximate surface area is 189 Å². The standard InChI is InChI=1S/C28H28FNO2/c1-18(2)27-25(17-32-19(3)31)26(21-12-14-23(29)15-13-21)24-11-7-10-22(28(24)30-27)16-20-8-5-4-6-9-20/h4-6,8-9,12-16,18H,7,10-11,17H2,1-3H3/b22-16-. The maximum absolute atomic E-state index is 13.7. The molecule has 0 spiro atoms. The number of fused-ring (bicyclic) bond motifs is 1. The van der Waals surface area contributed by atoms with Gasteiger partial charge in [0.2, 0.25) is 0 Å². The number of hydrogen-bond donors (Lipinski definition) is 0. The fraction of sp³-hybridized carbons (Fsp3) is 0.286. The number of rotatable bonds is 5. The first-order valence-electron chi connectivity index (χ1n) is 11.1. The van der Waals surface area contributed by atoms with Crippen LogP contribution in [0.5, 0.6) is 0 Å². The minimum atomic E-state index is -0.327. The first kappa shape index (κ1) is 21.9. The Morgan fingerprint density at radius 1 is 1.09 bits per heavy atom. The van der Waals surface area contributed by atoms with Gasteiger partial charge < -0.3 is 4.74 Å². The van der Waals surface area contributed by atoms with Crippen molar-refractivity contribution in [3.8, 4) is 11.1 Å². The van der Waals surface area contributed by atoms with Crippen LogP contribution in [0.15, 0.2) is 54.6 Å². The molecule has 2 aromatic carbocycles. The van der Waals surface area contributed by atoms with E-state index in [-0.39, 0.29) is 24.3 Å². The molecule has 1 aliphatic carbocycles. The molecule has 1 heterocycles. The number of aromatic nitrogens is 1. The molecule has 0 atom stereocenters. The molecule has 0 unspecified atom stereocenters. The smallest absolute Gasteiger partial charge is 0.302 e. The van der Waals surface area contributed by atoms with Crippen molar-refractivity contribution >= 4 is 17.6 Å². The lowest BCUT2D eigenvalue weighted by Crippen LogP contribution is -2.15. The summed E-state index contributed by atoms with van der Waals surface area (Å²) < 4.78 is 19.2. The SMILES string of the molecule is CC(=O)OCc1c(C(C)C)nc2c(c1-c1ccc(F)cc1)CCC/C2=C/c1ccccc1. The molecule has 0 saturated carbocycles. The van der Waals surface area contributed by atoms with Gasteiger partial charge in [0.25, 0.3) is 0 Å². The van der Waals surface area contributed by atoms with Gasteiger partial charge in [0.05, 0.1) is 11.4 Å². The Hall–Kier alpha value is -3.27. The Balaban J connectivity index is 1.97. The molecule has 4 rings (SSSR count). The molecule has 3 nitrogen and oxygen atoms in total. The average molecular weight is 430 g/mol. The van der Waals surface area contributed by atoms with Gasteiger partial charge >= 0.3 is 5.97 Å². The summed E-state index contributed by atoms with van der Waals surface area (Å²) >= 11 is 0. The Morgan fingerprint density at radius 3 is 2.47 bits per heavy atom. The van der Waals surface area contributed by atoms with Gasteiger partial charge in [-0.3, -0.25) is 9.78 Å². The van der Waals surface area contributed by atoms with Crippen LogP contribution in [0.1, 0.15) is 67.6 Å².